The molecule has 6 nitrogen and oxygen atoms in total. The number of anilines is 1. The highest BCUT2D eigenvalue weighted by Crippen LogP contribution is 2.29. The van der Waals surface area contributed by atoms with Gasteiger partial charge in [0.1, 0.15) is 5.82 Å². The second kappa shape index (κ2) is 4.82. The molecule has 7 heteroatoms. The Bertz CT molecular complexity index is 599. The van der Waals surface area contributed by atoms with Gasteiger partial charge in [0.15, 0.2) is 0 Å². The molecule has 0 spiro atoms. The van der Waals surface area contributed by atoms with E-state index in [4.69, 9.17) is 0 Å². The smallest absolute Gasteiger partial charge is 0.205 e. The Labute approximate surface area is 122 Å². The third kappa shape index (κ3) is 2.31. The van der Waals surface area contributed by atoms with Crippen LogP contribution in [0.3, 0.4) is 0 Å². The predicted octanol–water partition coefficient (Wildman–Crippen LogP) is 1.61. The molecule has 0 saturated carbocycles. The second-order valence-electron chi connectivity index (χ2n) is 6.11. The van der Waals surface area contributed by atoms with Gasteiger partial charge >= 0.3 is 0 Å². The summed E-state index contributed by atoms with van der Waals surface area (Å²) in [4.78, 5) is 6.87. The standard InChI is InChI=1S/C13H19N5OS/c1-13(2,3)11-14-12(20-17-11)18-5-4-9-8(6-18)10(7-19)16-15-9/h19H,4-7H2,1-3H3,(H,15,16). The molecule has 0 atom stereocenters. The van der Waals surface area contributed by atoms with Crippen molar-refractivity contribution in [2.45, 2.75) is 45.8 Å². The van der Waals surface area contributed by atoms with E-state index < -0.39 is 0 Å². The van der Waals surface area contributed by atoms with Crippen molar-refractivity contribution >= 4 is 16.7 Å². The van der Waals surface area contributed by atoms with Crippen molar-refractivity contribution in [2.75, 3.05) is 11.4 Å². The van der Waals surface area contributed by atoms with E-state index in [1.54, 1.807) is 0 Å². The first-order valence-corrected chi connectivity index (χ1v) is 7.51. The number of aromatic amines is 1. The van der Waals surface area contributed by atoms with Gasteiger partial charge < -0.3 is 10.0 Å². The van der Waals surface area contributed by atoms with E-state index in [0.717, 1.165) is 47.4 Å². The van der Waals surface area contributed by atoms with Gasteiger partial charge in [0, 0.05) is 47.7 Å². The monoisotopic (exact) mass is 293 g/mol. The van der Waals surface area contributed by atoms with Crippen LogP contribution in [0.15, 0.2) is 0 Å². The number of nitrogens with zero attached hydrogens (tertiary/aromatic N) is 4. The Morgan fingerprint density at radius 1 is 1.40 bits per heavy atom. The third-order valence-electron chi connectivity index (χ3n) is 3.53. The van der Waals surface area contributed by atoms with Gasteiger partial charge in [-0.2, -0.15) is 9.47 Å². The molecule has 0 aliphatic carbocycles. The number of hydrogen-bond acceptors (Lipinski definition) is 6. The van der Waals surface area contributed by atoms with E-state index in [1.165, 1.54) is 11.5 Å². The number of aromatic nitrogens is 4. The van der Waals surface area contributed by atoms with Crippen molar-refractivity contribution in [2.24, 2.45) is 0 Å². The maximum Gasteiger partial charge on any atom is 0.205 e. The zero-order chi connectivity index (χ0) is 14.3. The number of aliphatic hydroxyl groups is 1. The molecule has 0 bridgehead atoms. The quantitative estimate of drug-likeness (QED) is 0.879. The van der Waals surface area contributed by atoms with Gasteiger partial charge in [-0.15, -0.1) is 0 Å². The van der Waals surface area contributed by atoms with Gasteiger partial charge in [-0.05, 0) is 0 Å². The average Bonchev–Trinajstić information content (AvgIpc) is 3.04. The van der Waals surface area contributed by atoms with Crippen LogP contribution in [-0.2, 0) is 25.0 Å². The molecule has 0 fully saturated rings. The number of fused-ring (bicyclic) bond motifs is 1. The fourth-order valence-corrected chi connectivity index (χ4v) is 3.18. The topological polar surface area (TPSA) is 77.9 Å². The Hall–Kier alpha value is -1.47. The molecule has 0 aromatic carbocycles. The Morgan fingerprint density at radius 3 is 2.85 bits per heavy atom. The van der Waals surface area contributed by atoms with Gasteiger partial charge in [-0.25, -0.2) is 4.98 Å². The first kappa shape index (κ1) is 13.5. The summed E-state index contributed by atoms with van der Waals surface area (Å²) >= 11 is 1.45. The van der Waals surface area contributed by atoms with E-state index in [9.17, 15) is 5.11 Å². The SMILES string of the molecule is CC(C)(C)c1nsc(N2CCc3[nH]nc(CO)c3C2)n1. The van der Waals surface area contributed by atoms with Crippen LogP contribution >= 0.6 is 11.5 Å². The van der Waals surface area contributed by atoms with Crippen molar-refractivity contribution in [1.29, 1.82) is 0 Å². The predicted molar refractivity (Wildman–Crippen MR) is 77.9 cm³/mol. The molecule has 2 N–H and O–H groups in total. The summed E-state index contributed by atoms with van der Waals surface area (Å²) in [5.74, 6) is 0.887. The number of rotatable bonds is 2. The minimum absolute atomic E-state index is 0.0248. The fourth-order valence-electron chi connectivity index (χ4n) is 2.30. The summed E-state index contributed by atoms with van der Waals surface area (Å²) in [5.41, 5.74) is 2.95. The first-order valence-electron chi connectivity index (χ1n) is 6.74. The van der Waals surface area contributed by atoms with Gasteiger partial charge in [-0.3, -0.25) is 5.10 Å². The molecule has 20 heavy (non-hydrogen) atoms. The first-order chi connectivity index (χ1) is 9.49. The molecule has 2 aromatic rings. The molecule has 108 valence electrons. The highest BCUT2D eigenvalue weighted by atomic mass is 32.1. The van der Waals surface area contributed by atoms with E-state index in [0.29, 0.717) is 0 Å². The minimum Gasteiger partial charge on any atom is -0.390 e. The lowest BCUT2D eigenvalue weighted by atomic mass is 9.96. The summed E-state index contributed by atoms with van der Waals surface area (Å²) in [6, 6.07) is 0. The van der Waals surface area contributed by atoms with E-state index in [2.05, 4.69) is 45.2 Å². The van der Waals surface area contributed by atoms with Crippen molar-refractivity contribution in [3.05, 3.63) is 22.8 Å². The number of hydrogen-bond donors (Lipinski definition) is 2. The Morgan fingerprint density at radius 2 is 2.20 bits per heavy atom. The molecule has 3 heterocycles. The van der Waals surface area contributed by atoms with Crippen molar-refractivity contribution in [1.82, 2.24) is 19.6 Å². The summed E-state index contributed by atoms with van der Waals surface area (Å²) in [6.45, 7) is 7.97. The molecule has 1 aliphatic rings. The minimum atomic E-state index is -0.0262. The van der Waals surface area contributed by atoms with E-state index >= 15 is 0 Å². The summed E-state index contributed by atoms with van der Waals surface area (Å²) in [7, 11) is 0. The molecule has 3 rings (SSSR count). The van der Waals surface area contributed by atoms with Crippen LogP contribution in [0.2, 0.25) is 0 Å². The molecule has 0 amide bonds. The highest BCUT2D eigenvalue weighted by molar-refractivity contribution is 7.09. The van der Waals surface area contributed by atoms with Crippen molar-refractivity contribution < 1.29 is 5.11 Å². The van der Waals surface area contributed by atoms with Crippen LogP contribution in [0, 0.1) is 0 Å². The zero-order valence-electron chi connectivity index (χ0n) is 12.0. The third-order valence-corrected chi connectivity index (χ3v) is 4.30. The van der Waals surface area contributed by atoms with Crippen LogP contribution in [0.5, 0.6) is 0 Å². The second-order valence-corrected chi connectivity index (χ2v) is 6.84. The van der Waals surface area contributed by atoms with Crippen LogP contribution in [0.4, 0.5) is 5.13 Å². The lowest BCUT2D eigenvalue weighted by Crippen LogP contribution is -2.30. The number of aliphatic hydroxyl groups excluding tert-OH is 1. The van der Waals surface area contributed by atoms with Gasteiger partial charge in [-0.1, -0.05) is 20.8 Å². The summed E-state index contributed by atoms with van der Waals surface area (Å²) in [5, 5.41) is 17.4. The normalized spacial score (nSPS) is 15.5. The van der Waals surface area contributed by atoms with Crippen LogP contribution in [0.25, 0.3) is 0 Å². The summed E-state index contributed by atoms with van der Waals surface area (Å²) < 4.78 is 4.46. The molecule has 0 saturated heterocycles. The van der Waals surface area contributed by atoms with Crippen molar-refractivity contribution in [3.63, 3.8) is 0 Å². The van der Waals surface area contributed by atoms with Crippen LogP contribution < -0.4 is 4.90 Å². The Kier molecular flexibility index (Phi) is 3.25. The van der Waals surface area contributed by atoms with Crippen LogP contribution in [-0.4, -0.2) is 31.2 Å². The lowest BCUT2D eigenvalue weighted by Gasteiger charge is -2.26. The maximum atomic E-state index is 9.32. The van der Waals surface area contributed by atoms with Gasteiger partial charge in [0.05, 0.1) is 12.3 Å². The van der Waals surface area contributed by atoms with Crippen molar-refractivity contribution in [3.8, 4) is 0 Å². The maximum absolute atomic E-state index is 9.32. The molecule has 0 unspecified atom stereocenters. The van der Waals surface area contributed by atoms with Gasteiger partial charge in [0.2, 0.25) is 5.13 Å². The van der Waals surface area contributed by atoms with E-state index in [1.807, 2.05) is 0 Å². The summed E-state index contributed by atoms with van der Waals surface area (Å²) in [6.07, 6.45) is 0.896. The highest BCUT2D eigenvalue weighted by Gasteiger charge is 2.26. The molecule has 2 aromatic heterocycles. The fraction of sp³-hybridized carbons (Fsp3) is 0.615. The van der Waals surface area contributed by atoms with E-state index in [-0.39, 0.29) is 12.0 Å². The molecule has 1 aliphatic heterocycles. The molecular weight excluding hydrogens is 274 g/mol. The number of H-pyrrole nitrogens is 1. The van der Waals surface area contributed by atoms with Crippen LogP contribution in [0.1, 0.15) is 43.5 Å². The van der Waals surface area contributed by atoms with Gasteiger partial charge in [0.25, 0.3) is 0 Å². The zero-order valence-corrected chi connectivity index (χ0v) is 12.8. The molecule has 0 radical (unpaired) electrons. The lowest BCUT2D eigenvalue weighted by molar-refractivity contribution is 0.275. The average molecular weight is 293 g/mol. The number of nitrogens with one attached hydrogen (secondary N) is 1. The largest absolute Gasteiger partial charge is 0.390 e. The molecular formula is C13H19N5OS. The Balaban J connectivity index is 1.85.